The molecule has 0 saturated heterocycles. The van der Waals surface area contributed by atoms with Gasteiger partial charge in [0.1, 0.15) is 12.1 Å². The molecule has 0 spiro atoms. The SMILES string of the molecule is [3H]C(P)COC(=O)[C@H](CSSC[C@@H](NC1CCC1C)C(=O)ONCC(=O)C([3H])P)NC. The molecule has 0 aromatic carbocycles. The van der Waals surface area contributed by atoms with Crippen molar-refractivity contribution in [2.24, 2.45) is 5.92 Å². The molecule has 1 aliphatic rings. The molecule has 1 fully saturated rings. The first kappa shape index (κ1) is 23.7. The summed E-state index contributed by atoms with van der Waals surface area (Å²) in [5.41, 5.74) is 2.35. The number of Topliss-reactive ketones (excluding diaryl/α,β-unsaturated/α-hetero) is 1. The van der Waals surface area contributed by atoms with E-state index in [0.717, 1.165) is 12.8 Å². The summed E-state index contributed by atoms with van der Waals surface area (Å²) in [6.07, 6.45) is 0.581. The van der Waals surface area contributed by atoms with E-state index in [0.29, 0.717) is 17.4 Å². The van der Waals surface area contributed by atoms with Gasteiger partial charge in [-0.2, -0.15) is 0 Å². The van der Waals surface area contributed by atoms with E-state index in [9.17, 15) is 14.4 Å². The molecule has 29 heavy (non-hydrogen) atoms. The van der Waals surface area contributed by atoms with Crippen molar-refractivity contribution in [3.05, 3.63) is 0 Å². The number of esters is 1. The fourth-order valence-electron chi connectivity index (χ4n) is 2.40. The second-order valence-electron chi connectivity index (χ2n) is 6.53. The lowest BCUT2D eigenvalue weighted by molar-refractivity contribution is -0.154. The summed E-state index contributed by atoms with van der Waals surface area (Å²) in [6.45, 7) is 1.92. The van der Waals surface area contributed by atoms with Gasteiger partial charge in [0.25, 0.3) is 0 Å². The molecule has 6 unspecified atom stereocenters. The molecule has 3 N–H and O–H groups in total. The van der Waals surface area contributed by atoms with Gasteiger partial charge in [-0.1, -0.05) is 28.5 Å². The van der Waals surface area contributed by atoms with Crippen molar-refractivity contribution in [3.63, 3.8) is 0 Å². The van der Waals surface area contributed by atoms with Crippen LogP contribution in [0.25, 0.3) is 0 Å². The lowest BCUT2D eigenvalue weighted by atomic mass is 9.81. The van der Waals surface area contributed by atoms with Crippen molar-refractivity contribution in [1.29, 1.82) is 0 Å². The fraction of sp³-hybridized carbons (Fsp3) is 0.824. The molecule has 0 amide bonds. The Morgan fingerprint density at radius 1 is 1.17 bits per heavy atom. The molecule has 12 heteroatoms. The van der Waals surface area contributed by atoms with Crippen LogP contribution in [0.2, 0.25) is 0 Å². The number of hydrogen-bond donors (Lipinski definition) is 3. The highest BCUT2D eigenvalue weighted by Gasteiger charge is 2.32. The zero-order valence-electron chi connectivity index (χ0n) is 18.7. The average Bonchev–Trinajstić information content (AvgIpc) is 2.72. The van der Waals surface area contributed by atoms with E-state index in [2.05, 4.69) is 41.5 Å². The molecule has 1 aliphatic carbocycles. The van der Waals surface area contributed by atoms with Crippen LogP contribution in [0.1, 0.15) is 22.5 Å². The number of carbonyl (C=O) groups excluding carboxylic acids is 3. The fourth-order valence-corrected chi connectivity index (χ4v) is 5.01. The molecule has 1 saturated carbocycles. The van der Waals surface area contributed by atoms with Crippen molar-refractivity contribution in [2.75, 3.05) is 44.0 Å². The third-order valence-electron chi connectivity index (χ3n) is 4.43. The first-order valence-electron chi connectivity index (χ1n) is 10.5. The quantitative estimate of drug-likeness (QED) is 0.0940. The number of carbonyl (C=O) groups is 3. The maximum atomic E-state index is 12.5. The number of rotatable bonds is 16. The highest BCUT2D eigenvalue weighted by molar-refractivity contribution is 8.76. The lowest BCUT2D eigenvalue weighted by Crippen LogP contribution is -2.52. The molecule has 1 rings (SSSR count). The Bertz CT molecular complexity index is 596. The van der Waals surface area contributed by atoms with Gasteiger partial charge in [0.2, 0.25) is 0 Å². The minimum atomic E-state index is -0.960. The number of ketones is 1. The van der Waals surface area contributed by atoms with Gasteiger partial charge in [0, 0.05) is 26.4 Å². The molecule has 168 valence electrons. The molecule has 0 aromatic heterocycles. The largest absolute Gasteiger partial charge is 0.464 e. The molecule has 0 aliphatic heterocycles. The van der Waals surface area contributed by atoms with E-state index in [1.54, 1.807) is 7.05 Å². The number of hydrogen-bond acceptors (Lipinski definition) is 10. The predicted molar refractivity (Wildman–Crippen MR) is 126 cm³/mol. The third kappa shape index (κ3) is 10.8. The zero-order chi connectivity index (χ0) is 23.4. The van der Waals surface area contributed by atoms with E-state index >= 15 is 0 Å². The molecule has 8 nitrogen and oxygen atoms in total. The van der Waals surface area contributed by atoms with Crippen LogP contribution in [-0.2, 0) is 24.0 Å². The van der Waals surface area contributed by atoms with Crippen LogP contribution in [0.3, 0.4) is 0 Å². The Morgan fingerprint density at radius 2 is 1.86 bits per heavy atom. The highest BCUT2D eigenvalue weighted by atomic mass is 33.1. The van der Waals surface area contributed by atoms with Crippen LogP contribution in [0.5, 0.6) is 0 Å². The summed E-state index contributed by atoms with van der Waals surface area (Å²) < 4.78 is 19.8. The van der Waals surface area contributed by atoms with Crippen molar-refractivity contribution in [1.82, 2.24) is 16.1 Å². The first-order valence-corrected chi connectivity index (χ1v) is 13.1. The standard InChI is InChI=1S/C17H33N3O5P2S2/c1-11-3-4-13(11)20-15(17(23)25-19-7-12(21)8-27)10-29-28-9-14(18-2)16(22)24-5-6-26/h11,13-15,18-20H,3-10,26-27H2,1-2H3/t11?,13?,14-,15+/m0/s1/i6T,8T/t6?,8?,11?,13?,14-,15+. The van der Waals surface area contributed by atoms with Gasteiger partial charge in [0.05, 0.1) is 13.2 Å². The number of ether oxygens (including phenoxy) is 1. The summed E-state index contributed by atoms with van der Waals surface area (Å²) in [4.78, 5) is 41.0. The smallest absolute Gasteiger partial charge is 0.342 e. The van der Waals surface area contributed by atoms with Gasteiger partial charge in [0.15, 0.2) is 5.78 Å². The van der Waals surface area contributed by atoms with E-state index in [-0.39, 0.29) is 19.2 Å². The van der Waals surface area contributed by atoms with Gasteiger partial charge in [-0.25, -0.2) is 4.79 Å². The van der Waals surface area contributed by atoms with E-state index in [1.807, 2.05) is 0 Å². The van der Waals surface area contributed by atoms with Crippen molar-refractivity contribution in [2.45, 2.75) is 37.9 Å². The predicted octanol–water partition coefficient (Wildman–Crippen LogP) is 0.623. The van der Waals surface area contributed by atoms with Crippen LogP contribution in [0, 0.1) is 5.92 Å². The summed E-state index contributed by atoms with van der Waals surface area (Å²) in [7, 11) is 8.86. The second kappa shape index (κ2) is 15.8. The summed E-state index contributed by atoms with van der Waals surface area (Å²) in [5, 5.41) is 6.21. The molecule has 0 aromatic rings. The normalized spacial score (nSPS) is 23.6. The minimum absolute atomic E-state index is 0.0179. The molecule has 8 atom stereocenters. The van der Waals surface area contributed by atoms with Crippen LogP contribution in [0.4, 0.5) is 0 Å². The lowest BCUT2D eigenvalue weighted by Gasteiger charge is -2.36. The zero-order valence-corrected chi connectivity index (χ0v) is 20.7. The molecule has 0 heterocycles. The molecular formula is C17H33N3O5P2S2. The van der Waals surface area contributed by atoms with Crippen molar-refractivity contribution >= 4 is 57.8 Å². The Labute approximate surface area is 188 Å². The number of hydroxylamine groups is 1. The van der Waals surface area contributed by atoms with Crippen LogP contribution < -0.4 is 16.1 Å². The molecule has 0 radical (unpaired) electrons. The van der Waals surface area contributed by atoms with Gasteiger partial charge in [-0.15, -0.1) is 24.0 Å². The van der Waals surface area contributed by atoms with Gasteiger partial charge >= 0.3 is 11.9 Å². The highest BCUT2D eigenvalue weighted by Crippen LogP contribution is 2.28. The average molecular weight is 490 g/mol. The topological polar surface area (TPSA) is 106 Å². The van der Waals surface area contributed by atoms with Gasteiger partial charge in [-0.05, 0) is 31.9 Å². The Balaban J connectivity index is 2.46. The number of likely N-dealkylation sites (N-methyl/N-ethyl adjacent to an activating group) is 1. The van der Waals surface area contributed by atoms with Gasteiger partial charge < -0.3 is 20.2 Å². The Hall–Kier alpha value is 0.0500. The van der Waals surface area contributed by atoms with E-state index < -0.39 is 42.1 Å². The Morgan fingerprint density at radius 3 is 2.38 bits per heavy atom. The minimum Gasteiger partial charge on any atom is -0.464 e. The molecule has 0 bridgehead atoms. The van der Waals surface area contributed by atoms with Crippen LogP contribution in [-0.4, -0.2) is 79.8 Å². The summed E-state index contributed by atoms with van der Waals surface area (Å²) in [6, 6.07) is -0.847. The monoisotopic (exact) mass is 489 g/mol. The summed E-state index contributed by atoms with van der Waals surface area (Å²) in [5.74, 6) is -0.000594. The maximum Gasteiger partial charge on any atom is 0.342 e. The maximum absolute atomic E-state index is 12.5. The van der Waals surface area contributed by atoms with Gasteiger partial charge in [-0.3, -0.25) is 9.59 Å². The Kier molecular flexibility index (Phi) is 12.9. The van der Waals surface area contributed by atoms with E-state index in [1.165, 1.54) is 21.6 Å². The first-order chi connectivity index (χ1) is 14.6. The molecular weight excluding hydrogens is 452 g/mol. The van der Waals surface area contributed by atoms with E-state index in [4.69, 9.17) is 12.3 Å². The van der Waals surface area contributed by atoms with Crippen LogP contribution in [0.15, 0.2) is 0 Å². The number of nitrogens with one attached hydrogen (secondary N) is 3. The van der Waals surface area contributed by atoms with Crippen molar-refractivity contribution < 1.29 is 26.7 Å². The summed E-state index contributed by atoms with van der Waals surface area (Å²) >= 11 is 0. The second-order valence-corrected chi connectivity index (χ2v) is 9.89. The third-order valence-corrected chi connectivity index (χ3v) is 7.42. The van der Waals surface area contributed by atoms with Crippen LogP contribution >= 0.6 is 40.1 Å². The van der Waals surface area contributed by atoms with Crippen molar-refractivity contribution in [3.8, 4) is 0 Å².